The lowest BCUT2D eigenvalue weighted by Gasteiger charge is -2.29. The van der Waals surface area contributed by atoms with Crippen LogP contribution in [0.3, 0.4) is 0 Å². The second-order valence-electron chi connectivity index (χ2n) is 7.68. The third-order valence-electron chi connectivity index (χ3n) is 4.80. The van der Waals surface area contributed by atoms with Gasteiger partial charge < -0.3 is 0 Å². The number of carbonyl (C=O) groups excluding carboxylic acids is 1. The molecule has 3 rings (SSSR count). The van der Waals surface area contributed by atoms with Gasteiger partial charge in [0.2, 0.25) is 10.0 Å². The highest BCUT2D eigenvalue weighted by molar-refractivity contribution is 7.89. The van der Waals surface area contributed by atoms with Crippen LogP contribution in [0.5, 0.6) is 0 Å². The van der Waals surface area contributed by atoms with Gasteiger partial charge in [-0.15, -0.1) is 0 Å². The summed E-state index contributed by atoms with van der Waals surface area (Å²) < 4.78 is 28.4. The number of rotatable bonds is 7. The van der Waals surface area contributed by atoms with Crippen LogP contribution in [0.4, 0.5) is 5.13 Å². The van der Waals surface area contributed by atoms with E-state index >= 15 is 0 Å². The first-order valence-corrected chi connectivity index (χ1v) is 12.2. The third kappa shape index (κ3) is 4.55. The fraction of sp³-hybridized carbons (Fsp3) is 0.364. The first-order chi connectivity index (χ1) is 14.1. The van der Waals surface area contributed by atoms with Crippen molar-refractivity contribution in [3.8, 4) is 0 Å². The molecule has 160 valence electrons. The maximum absolute atomic E-state index is 13.1. The molecule has 1 N–H and O–H groups in total. The van der Waals surface area contributed by atoms with Crippen molar-refractivity contribution in [3.63, 3.8) is 0 Å². The number of benzene rings is 2. The maximum atomic E-state index is 13.1. The molecule has 1 aromatic heterocycles. The van der Waals surface area contributed by atoms with Crippen LogP contribution >= 0.6 is 11.3 Å². The Bertz CT molecular complexity index is 1140. The summed E-state index contributed by atoms with van der Waals surface area (Å²) in [6.45, 7) is 9.52. The van der Waals surface area contributed by atoms with Crippen LogP contribution in [0.2, 0.25) is 0 Å². The van der Waals surface area contributed by atoms with E-state index < -0.39 is 10.0 Å². The number of carbonyl (C=O) groups is 1. The normalized spacial score (nSPS) is 12.3. The minimum atomic E-state index is -3.63. The SMILES string of the molecule is CCc1ccc(C(=O)Nc2nc3ccc(S(=O)(=O)N(C(C)C)C(C)C)cc3s2)cc1. The van der Waals surface area contributed by atoms with Gasteiger partial charge in [-0.1, -0.05) is 30.4 Å². The Morgan fingerprint density at radius 2 is 1.70 bits per heavy atom. The molecule has 0 aliphatic carbocycles. The largest absolute Gasteiger partial charge is 0.298 e. The fourth-order valence-electron chi connectivity index (χ4n) is 3.45. The van der Waals surface area contributed by atoms with E-state index in [2.05, 4.69) is 17.2 Å². The monoisotopic (exact) mass is 445 g/mol. The standard InChI is InChI=1S/C22H27N3O3S2/c1-6-16-7-9-17(10-8-16)21(26)24-22-23-19-12-11-18(13-20(19)29-22)30(27,28)25(14(2)3)15(4)5/h7-15H,6H2,1-5H3,(H,23,24,26). The van der Waals surface area contributed by atoms with E-state index in [0.29, 0.717) is 20.9 Å². The predicted octanol–water partition coefficient (Wildman–Crippen LogP) is 4.92. The number of hydrogen-bond acceptors (Lipinski definition) is 5. The van der Waals surface area contributed by atoms with Gasteiger partial charge in [0.25, 0.3) is 5.91 Å². The van der Waals surface area contributed by atoms with Gasteiger partial charge >= 0.3 is 0 Å². The molecule has 0 fully saturated rings. The molecule has 6 nitrogen and oxygen atoms in total. The van der Waals surface area contributed by atoms with Gasteiger partial charge in [0.1, 0.15) is 0 Å². The molecule has 0 saturated heterocycles. The van der Waals surface area contributed by atoms with Crippen molar-refractivity contribution in [2.24, 2.45) is 0 Å². The number of hydrogen-bond donors (Lipinski definition) is 1. The van der Waals surface area contributed by atoms with E-state index in [9.17, 15) is 13.2 Å². The number of sulfonamides is 1. The average molecular weight is 446 g/mol. The maximum Gasteiger partial charge on any atom is 0.257 e. The van der Waals surface area contributed by atoms with Crippen molar-refractivity contribution >= 4 is 42.6 Å². The van der Waals surface area contributed by atoms with Gasteiger partial charge in [-0.25, -0.2) is 13.4 Å². The van der Waals surface area contributed by atoms with Gasteiger partial charge in [-0.05, 0) is 70.0 Å². The lowest BCUT2D eigenvalue weighted by molar-refractivity contribution is 0.102. The van der Waals surface area contributed by atoms with Crippen molar-refractivity contribution in [2.45, 2.75) is 58.0 Å². The lowest BCUT2D eigenvalue weighted by Crippen LogP contribution is -2.41. The van der Waals surface area contributed by atoms with E-state index in [1.807, 2.05) is 39.8 Å². The molecule has 0 bridgehead atoms. The molecule has 0 unspecified atom stereocenters. The Morgan fingerprint density at radius 1 is 1.07 bits per heavy atom. The number of aryl methyl sites for hydroxylation is 1. The highest BCUT2D eigenvalue weighted by atomic mass is 32.2. The molecular formula is C22H27N3O3S2. The molecule has 3 aromatic rings. The zero-order valence-corrected chi connectivity index (χ0v) is 19.5. The summed E-state index contributed by atoms with van der Waals surface area (Å²) in [5, 5.41) is 3.25. The minimum Gasteiger partial charge on any atom is -0.298 e. The summed E-state index contributed by atoms with van der Waals surface area (Å²) >= 11 is 1.26. The van der Waals surface area contributed by atoms with Gasteiger partial charge in [-0.3, -0.25) is 10.1 Å². The molecule has 1 heterocycles. The molecule has 0 radical (unpaired) electrons. The smallest absolute Gasteiger partial charge is 0.257 e. The summed E-state index contributed by atoms with van der Waals surface area (Å²) in [6, 6.07) is 12.0. The Balaban J connectivity index is 1.87. The topological polar surface area (TPSA) is 79.4 Å². The predicted molar refractivity (Wildman–Crippen MR) is 123 cm³/mol. The number of nitrogens with one attached hydrogen (secondary N) is 1. The van der Waals surface area contributed by atoms with Crippen molar-refractivity contribution in [3.05, 3.63) is 53.6 Å². The highest BCUT2D eigenvalue weighted by Crippen LogP contribution is 2.30. The summed E-state index contributed by atoms with van der Waals surface area (Å²) in [5.74, 6) is -0.240. The fourth-order valence-corrected chi connectivity index (χ4v) is 6.29. The van der Waals surface area contributed by atoms with Crippen LogP contribution < -0.4 is 5.32 Å². The van der Waals surface area contributed by atoms with Crippen LogP contribution in [0.25, 0.3) is 10.2 Å². The first-order valence-electron chi connectivity index (χ1n) is 9.98. The summed E-state index contributed by atoms with van der Waals surface area (Å²) in [5.41, 5.74) is 2.37. The Hall–Kier alpha value is -2.29. The Morgan fingerprint density at radius 3 is 2.27 bits per heavy atom. The van der Waals surface area contributed by atoms with Crippen molar-refractivity contribution in [2.75, 3.05) is 5.32 Å². The molecule has 1 amide bonds. The van der Waals surface area contributed by atoms with Crippen LogP contribution in [0, 0.1) is 0 Å². The molecule has 0 saturated carbocycles. The highest BCUT2D eigenvalue weighted by Gasteiger charge is 2.29. The van der Waals surface area contributed by atoms with E-state index in [1.165, 1.54) is 15.6 Å². The number of thiazole rings is 1. The number of aromatic nitrogens is 1. The molecular weight excluding hydrogens is 418 g/mol. The number of nitrogens with zero attached hydrogens (tertiary/aromatic N) is 2. The van der Waals surface area contributed by atoms with Crippen molar-refractivity contribution < 1.29 is 13.2 Å². The van der Waals surface area contributed by atoms with Crippen LogP contribution in [-0.2, 0) is 16.4 Å². The molecule has 0 aliphatic rings. The molecule has 30 heavy (non-hydrogen) atoms. The van der Waals surface area contributed by atoms with E-state index in [0.717, 1.165) is 12.0 Å². The molecule has 2 aromatic carbocycles. The van der Waals surface area contributed by atoms with Crippen LogP contribution in [0.15, 0.2) is 47.4 Å². The van der Waals surface area contributed by atoms with Gasteiger partial charge in [0, 0.05) is 17.6 Å². The van der Waals surface area contributed by atoms with E-state index in [1.54, 1.807) is 30.3 Å². The number of amides is 1. The molecule has 0 atom stereocenters. The van der Waals surface area contributed by atoms with Gasteiger partial charge in [-0.2, -0.15) is 4.31 Å². The Kier molecular flexibility index (Phi) is 6.59. The average Bonchev–Trinajstić information content (AvgIpc) is 3.08. The summed E-state index contributed by atoms with van der Waals surface area (Å²) in [4.78, 5) is 17.2. The van der Waals surface area contributed by atoms with Crippen molar-refractivity contribution in [1.82, 2.24) is 9.29 Å². The van der Waals surface area contributed by atoms with Crippen molar-refractivity contribution in [1.29, 1.82) is 0 Å². The molecule has 8 heteroatoms. The van der Waals surface area contributed by atoms with Crippen LogP contribution in [-0.4, -0.2) is 35.7 Å². The zero-order valence-electron chi connectivity index (χ0n) is 17.8. The minimum absolute atomic E-state index is 0.152. The second-order valence-corrected chi connectivity index (χ2v) is 10.5. The second kappa shape index (κ2) is 8.83. The molecule has 0 spiro atoms. The quantitative estimate of drug-likeness (QED) is 0.560. The third-order valence-corrected chi connectivity index (χ3v) is 7.98. The first kappa shape index (κ1) is 22.4. The molecule has 0 aliphatic heterocycles. The summed E-state index contributed by atoms with van der Waals surface area (Å²) in [6.07, 6.45) is 0.913. The number of fused-ring (bicyclic) bond motifs is 1. The van der Waals surface area contributed by atoms with Gasteiger partial charge in [0.05, 0.1) is 15.1 Å². The number of anilines is 1. The van der Waals surface area contributed by atoms with Crippen LogP contribution in [0.1, 0.15) is 50.5 Å². The van der Waals surface area contributed by atoms with E-state index in [4.69, 9.17) is 0 Å². The summed E-state index contributed by atoms with van der Waals surface area (Å²) in [7, 11) is -3.63. The Labute approximate surface area is 182 Å². The van der Waals surface area contributed by atoms with E-state index in [-0.39, 0.29) is 22.9 Å². The lowest BCUT2D eigenvalue weighted by atomic mass is 10.1. The van der Waals surface area contributed by atoms with Gasteiger partial charge in [0.15, 0.2) is 5.13 Å². The zero-order chi connectivity index (χ0) is 22.1.